The Labute approximate surface area is 182 Å². The number of carbonyl (C=O) groups excluding carboxylic acids is 1. The minimum Gasteiger partial charge on any atom is -0.494 e. The topological polar surface area (TPSA) is 103 Å². The van der Waals surface area contributed by atoms with Crippen molar-refractivity contribution in [1.82, 2.24) is 0 Å². The number of benzene rings is 2. The molecule has 2 aromatic carbocycles. The summed E-state index contributed by atoms with van der Waals surface area (Å²) < 4.78 is 22.0. The van der Waals surface area contributed by atoms with E-state index in [1.807, 2.05) is 6.07 Å². The number of rotatable bonds is 14. The molecule has 0 fully saturated rings. The Kier molecular flexibility index (Phi) is 10.6. The fourth-order valence-corrected chi connectivity index (χ4v) is 2.76. The maximum Gasteiger partial charge on any atom is 0.338 e. The minimum atomic E-state index is -0.424. The van der Waals surface area contributed by atoms with Crippen LogP contribution in [-0.2, 0) is 4.74 Å². The van der Waals surface area contributed by atoms with Crippen LogP contribution in [0.3, 0.4) is 0 Å². The summed E-state index contributed by atoms with van der Waals surface area (Å²) in [5, 5.41) is 3.56. The lowest BCUT2D eigenvalue weighted by molar-refractivity contribution is 0.0599. The molecule has 0 aliphatic heterocycles. The highest BCUT2D eigenvalue weighted by Crippen LogP contribution is 2.24. The lowest BCUT2D eigenvalue weighted by atomic mass is 10.2. The van der Waals surface area contributed by atoms with Crippen molar-refractivity contribution in [3.63, 3.8) is 0 Å². The van der Waals surface area contributed by atoms with Gasteiger partial charge in [-0.05, 0) is 55.5 Å². The molecule has 0 radical (unpaired) electrons. The lowest BCUT2D eigenvalue weighted by Gasteiger charge is -2.12. The zero-order valence-electron chi connectivity index (χ0n) is 18.1. The van der Waals surface area contributed by atoms with E-state index in [1.165, 1.54) is 7.11 Å². The Balaban J connectivity index is 1.75. The molecule has 0 N–H and O–H groups in total. The number of methoxy groups -OCH3 is 1. The van der Waals surface area contributed by atoms with Gasteiger partial charge in [0.1, 0.15) is 17.2 Å². The number of azide groups is 1. The average Bonchev–Trinajstić information content (AvgIpc) is 2.78. The van der Waals surface area contributed by atoms with Crippen molar-refractivity contribution in [2.75, 3.05) is 26.9 Å². The minimum absolute atomic E-state index is 0.405. The molecule has 0 unspecified atom stereocenters. The second kappa shape index (κ2) is 13.8. The number of hydrogen-bond donors (Lipinski definition) is 0. The molecular weight excluding hydrogens is 398 g/mol. The summed E-state index contributed by atoms with van der Waals surface area (Å²) in [6.07, 6.45) is 4.60. The van der Waals surface area contributed by atoms with Gasteiger partial charge in [-0.25, -0.2) is 4.79 Å². The van der Waals surface area contributed by atoms with Crippen molar-refractivity contribution >= 4 is 11.7 Å². The van der Waals surface area contributed by atoms with Gasteiger partial charge in [0.05, 0.1) is 32.5 Å². The Bertz CT molecular complexity index is 881. The summed E-state index contributed by atoms with van der Waals surface area (Å²) in [5.41, 5.74) is 9.42. The predicted octanol–water partition coefficient (Wildman–Crippen LogP) is 6.22. The van der Waals surface area contributed by atoms with Crippen molar-refractivity contribution in [3.8, 4) is 17.2 Å². The quantitative estimate of drug-likeness (QED) is 0.117. The van der Waals surface area contributed by atoms with Crippen LogP contribution < -0.4 is 14.2 Å². The van der Waals surface area contributed by atoms with Crippen LogP contribution in [0.2, 0.25) is 0 Å². The summed E-state index contributed by atoms with van der Waals surface area (Å²) >= 11 is 0. The fraction of sp³-hybridized carbons (Fsp3) is 0.435. The third kappa shape index (κ3) is 8.88. The molecule has 0 amide bonds. The monoisotopic (exact) mass is 427 g/mol. The van der Waals surface area contributed by atoms with E-state index < -0.39 is 5.97 Å². The first-order valence-electron chi connectivity index (χ1n) is 10.4. The highest BCUT2D eigenvalue weighted by molar-refractivity contribution is 5.90. The number of unbranched alkanes of at least 4 members (excludes halogenated alkanes) is 3. The summed E-state index contributed by atoms with van der Waals surface area (Å²) in [7, 11) is 1.35. The van der Waals surface area contributed by atoms with Crippen molar-refractivity contribution in [2.24, 2.45) is 5.11 Å². The Morgan fingerprint density at radius 1 is 0.903 bits per heavy atom. The van der Waals surface area contributed by atoms with Gasteiger partial charge in [-0.3, -0.25) is 0 Å². The molecule has 0 aliphatic rings. The fourth-order valence-electron chi connectivity index (χ4n) is 2.76. The number of esters is 1. The predicted molar refractivity (Wildman–Crippen MR) is 118 cm³/mol. The molecular formula is C23H29N3O5. The van der Waals surface area contributed by atoms with E-state index in [0.717, 1.165) is 32.1 Å². The lowest BCUT2D eigenvalue weighted by Crippen LogP contribution is -2.05. The molecule has 0 saturated carbocycles. The number of ether oxygens (including phenoxy) is 4. The number of carbonyl (C=O) groups is 1. The molecule has 0 heterocycles. The van der Waals surface area contributed by atoms with Gasteiger partial charge < -0.3 is 18.9 Å². The van der Waals surface area contributed by atoms with Crippen LogP contribution in [0.4, 0.5) is 5.69 Å². The Morgan fingerprint density at radius 2 is 1.55 bits per heavy atom. The average molecular weight is 428 g/mol. The Hall–Kier alpha value is -3.38. The molecule has 8 heteroatoms. The Morgan fingerprint density at radius 3 is 2.16 bits per heavy atom. The van der Waals surface area contributed by atoms with E-state index in [2.05, 4.69) is 16.9 Å². The summed E-state index contributed by atoms with van der Waals surface area (Å²) in [6, 6.07) is 12.2. The number of nitrogens with zero attached hydrogens (tertiary/aromatic N) is 3. The van der Waals surface area contributed by atoms with E-state index in [-0.39, 0.29) is 0 Å². The van der Waals surface area contributed by atoms with Gasteiger partial charge in [0.2, 0.25) is 0 Å². The summed E-state index contributed by atoms with van der Waals surface area (Å²) in [6.45, 7) is 3.76. The summed E-state index contributed by atoms with van der Waals surface area (Å²) in [4.78, 5) is 14.7. The molecule has 31 heavy (non-hydrogen) atoms. The van der Waals surface area contributed by atoms with Gasteiger partial charge in [-0.15, -0.1) is 0 Å². The first kappa shape index (κ1) is 23.9. The molecule has 166 valence electrons. The molecule has 8 nitrogen and oxygen atoms in total. The molecule has 2 rings (SSSR count). The molecule has 0 spiro atoms. The SMILES string of the molecule is CCCCOc1cc(OCCCCCOc2cccc(N=[N+]=[N-])c2)cc(C(=O)OC)c1. The van der Waals surface area contributed by atoms with Crippen LogP contribution in [0.1, 0.15) is 49.4 Å². The third-order valence-electron chi connectivity index (χ3n) is 4.37. The molecule has 0 aromatic heterocycles. The van der Waals surface area contributed by atoms with Crippen LogP contribution in [-0.4, -0.2) is 32.9 Å². The van der Waals surface area contributed by atoms with Crippen LogP contribution in [0.15, 0.2) is 47.6 Å². The van der Waals surface area contributed by atoms with Gasteiger partial charge in [0.15, 0.2) is 0 Å². The molecule has 0 bridgehead atoms. The van der Waals surface area contributed by atoms with E-state index in [4.69, 9.17) is 24.5 Å². The largest absolute Gasteiger partial charge is 0.494 e. The van der Waals surface area contributed by atoms with Crippen molar-refractivity contribution in [2.45, 2.75) is 39.0 Å². The van der Waals surface area contributed by atoms with E-state index in [0.29, 0.717) is 48.3 Å². The molecule has 0 saturated heterocycles. The highest BCUT2D eigenvalue weighted by Gasteiger charge is 2.10. The molecule has 2 aromatic rings. The maximum atomic E-state index is 11.9. The van der Waals surface area contributed by atoms with Gasteiger partial charge in [-0.1, -0.05) is 30.6 Å². The second-order valence-electron chi connectivity index (χ2n) is 6.83. The molecule has 0 aliphatic carbocycles. The third-order valence-corrected chi connectivity index (χ3v) is 4.37. The van der Waals surface area contributed by atoms with Crippen LogP contribution in [0.5, 0.6) is 17.2 Å². The van der Waals surface area contributed by atoms with Gasteiger partial charge in [0.25, 0.3) is 0 Å². The van der Waals surface area contributed by atoms with Crippen LogP contribution in [0, 0.1) is 0 Å². The van der Waals surface area contributed by atoms with Crippen LogP contribution in [0.25, 0.3) is 10.4 Å². The smallest absolute Gasteiger partial charge is 0.338 e. The highest BCUT2D eigenvalue weighted by atomic mass is 16.5. The van der Waals surface area contributed by atoms with E-state index >= 15 is 0 Å². The van der Waals surface area contributed by atoms with Gasteiger partial charge in [0, 0.05) is 16.7 Å². The van der Waals surface area contributed by atoms with Crippen molar-refractivity contribution < 1.29 is 23.7 Å². The van der Waals surface area contributed by atoms with Crippen molar-refractivity contribution in [1.29, 1.82) is 0 Å². The summed E-state index contributed by atoms with van der Waals surface area (Å²) in [5.74, 6) is 1.44. The first-order chi connectivity index (χ1) is 15.2. The van der Waals surface area contributed by atoms with E-state index in [1.54, 1.807) is 36.4 Å². The molecule has 0 atom stereocenters. The van der Waals surface area contributed by atoms with Gasteiger partial charge >= 0.3 is 5.97 Å². The van der Waals surface area contributed by atoms with E-state index in [9.17, 15) is 4.79 Å². The second-order valence-corrected chi connectivity index (χ2v) is 6.83. The van der Waals surface area contributed by atoms with Crippen LogP contribution >= 0.6 is 0 Å². The normalized spacial score (nSPS) is 10.1. The maximum absolute atomic E-state index is 11.9. The van der Waals surface area contributed by atoms with Crippen molar-refractivity contribution in [3.05, 3.63) is 58.5 Å². The first-order valence-corrected chi connectivity index (χ1v) is 10.4. The zero-order valence-corrected chi connectivity index (χ0v) is 18.1. The number of hydrogen-bond acceptors (Lipinski definition) is 6. The standard InChI is InChI=1S/C23H29N3O5/c1-3-4-11-30-21-14-18(23(27)28-2)15-22(17-21)31-13-7-5-6-12-29-20-10-8-9-19(16-20)25-26-24/h8-10,14-17H,3-7,11-13H2,1-2H3. The zero-order chi connectivity index (χ0) is 22.3. The van der Waals surface area contributed by atoms with Gasteiger partial charge in [-0.2, -0.15) is 0 Å².